The quantitative estimate of drug-likeness (QED) is 0.586. The van der Waals surface area contributed by atoms with E-state index in [9.17, 15) is 0 Å². The topological polar surface area (TPSA) is 53.1 Å². The standard InChI is InChI=1S/C16H20BrN3O2S/c1-23(2,3)7-6-21-11-20-14-5-4-12(17)8-13(14)16(19-20)15-9-18-10-22-15/h4-5,8-10H,6-7,11H2,1-3H3. The minimum absolute atomic E-state index is 0.432. The van der Waals surface area contributed by atoms with E-state index >= 15 is 0 Å². The molecule has 0 aliphatic rings. The van der Waals surface area contributed by atoms with E-state index in [4.69, 9.17) is 9.15 Å². The molecule has 0 saturated carbocycles. The van der Waals surface area contributed by atoms with Crippen molar-refractivity contribution in [3.05, 3.63) is 35.3 Å². The first-order valence-electron chi connectivity index (χ1n) is 7.23. The number of benzene rings is 1. The Balaban J connectivity index is 1.86. The van der Waals surface area contributed by atoms with E-state index in [1.165, 1.54) is 6.39 Å². The van der Waals surface area contributed by atoms with Crippen molar-refractivity contribution in [1.29, 1.82) is 0 Å². The Morgan fingerprint density at radius 1 is 1.30 bits per heavy atom. The predicted molar refractivity (Wildman–Crippen MR) is 99.1 cm³/mol. The molecule has 3 rings (SSSR count). The molecule has 0 fully saturated rings. The highest BCUT2D eigenvalue weighted by atomic mass is 79.9. The van der Waals surface area contributed by atoms with E-state index in [2.05, 4.69) is 44.8 Å². The highest BCUT2D eigenvalue weighted by molar-refractivity contribution is 9.10. The van der Waals surface area contributed by atoms with Crippen LogP contribution in [0, 0.1) is 0 Å². The Hall–Kier alpha value is -1.31. The van der Waals surface area contributed by atoms with E-state index in [1.807, 2.05) is 22.9 Å². The van der Waals surface area contributed by atoms with Crippen molar-refractivity contribution in [3.8, 4) is 11.5 Å². The van der Waals surface area contributed by atoms with Crippen LogP contribution in [-0.4, -0.2) is 45.9 Å². The second-order valence-electron chi connectivity index (χ2n) is 6.21. The molecule has 0 N–H and O–H groups in total. The van der Waals surface area contributed by atoms with Crippen LogP contribution in [0.15, 0.2) is 39.7 Å². The molecule has 3 aromatic rings. The second kappa shape index (κ2) is 6.67. The first-order valence-corrected chi connectivity index (χ1v) is 11.0. The van der Waals surface area contributed by atoms with Gasteiger partial charge in [0, 0.05) is 15.6 Å². The number of nitrogens with zero attached hydrogens (tertiary/aromatic N) is 3. The predicted octanol–water partition coefficient (Wildman–Crippen LogP) is 4.12. The summed E-state index contributed by atoms with van der Waals surface area (Å²) in [6.07, 6.45) is 9.97. The van der Waals surface area contributed by atoms with E-state index in [-0.39, 0.29) is 0 Å². The number of fused-ring (bicyclic) bond motifs is 1. The number of halogens is 1. The van der Waals surface area contributed by atoms with Crippen molar-refractivity contribution in [3.63, 3.8) is 0 Å². The Morgan fingerprint density at radius 2 is 2.13 bits per heavy atom. The third kappa shape index (κ3) is 3.97. The van der Waals surface area contributed by atoms with Crippen LogP contribution in [-0.2, 0) is 11.5 Å². The fraction of sp³-hybridized carbons (Fsp3) is 0.375. The number of rotatable bonds is 6. The van der Waals surface area contributed by atoms with Gasteiger partial charge in [0.15, 0.2) is 12.2 Å². The molecule has 0 spiro atoms. The van der Waals surface area contributed by atoms with Crippen LogP contribution in [0.25, 0.3) is 22.4 Å². The summed E-state index contributed by atoms with van der Waals surface area (Å²) < 4.78 is 14.1. The fourth-order valence-electron chi connectivity index (χ4n) is 2.22. The summed E-state index contributed by atoms with van der Waals surface area (Å²) in [6.45, 7) is 1.18. The monoisotopic (exact) mass is 397 g/mol. The van der Waals surface area contributed by atoms with Gasteiger partial charge in [0.2, 0.25) is 0 Å². The van der Waals surface area contributed by atoms with Crippen LogP contribution in [0.1, 0.15) is 0 Å². The molecule has 0 saturated heterocycles. The van der Waals surface area contributed by atoms with Crippen LogP contribution >= 0.6 is 26.0 Å². The third-order valence-electron chi connectivity index (χ3n) is 3.43. The first-order chi connectivity index (χ1) is 10.9. The van der Waals surface area contributed by atoms with Crippen LogP contribution in [0.5, 0.6) is 0 Å². The maximum atomic E-state index is 5.83. The van der Waals surface area contributed by atoms with Gasteiger partial charge in [0.25, 0.3) is 0 Å². The maximum absolute atomic E-state index is 5.83. The summed E-state index contributed by atoms with van der Waals surface area (Å²) >= 11 is 3.51. The molecular formula is C16H20BrN3O2S. The Morgan fingerprint density at radius 3 is 2.83 bits per heavy atom. The molecule has 2 heterocycles. The molecule has 0 unspecified atom stereocenters. The van der Waals surface area contributed by atoms with Crippen molar-refractivity contribution in [2.75, 3.05) is 31.1 Å². The fourth-order valence-corrected chi connectivity index (χ4v) is 3.20. The largest absolute Gasteiger partial charge is 0.442 e. The van der Waals surface area contributed by atoms with Gasteiger partial charge in [-0.3, -0.25) is 0 Å². The molecule has 7 heteroatoms. The number of aromatic nitrogens is 3. The third-order valence-corrected chi connectivity index (χ3v) is 5.32. The minimum Gasteiger partial charge on any atom is -0.442 e. The average Bonchev–Trinajstić information content (AvgIpc) is 3.09. The maximum Gasteiger partial charge on any atom is 0.181 e. The molecule has 0 atom stereocenters. The van der Waals surface area contributed by atoms with E-state index in [0.29, 0.717) is 12.5 Å². The molecule has 5 nitrogen and oxygen atoms in total. The van der Waals surface area contributed by atoms with Crippen LogP contribution in [0.2, 0.25) is 0 Å². The molecular weight excluding hydrogens is 378 g/mol. The molecule has 1 aromatic carbocycles. The van der Waals surface area contributed by atoms with Crippen molar-refractivity contribution in [2.45, 2.75) is 6.73 Å². The van der Waals surface area contributed by atoms with Gasteiger partial charge < -0.3 is 9.15 Å². The zero-order chi connectivity index (χ0) is 16.4. The van der Waals surface area contributed by atoms with Crippen molar-refractivity contribution in [1.82, 2.24) is 14.8 Å². The number of hydrogen-bond donors (Lipinski definition) is 0. The summed E-state index contributed by atoms with van der Waals surface area (Å²) in [7, 11) is -0.541. The lowest BCUT2D eigenvalue weighted by atomic mass is 10.2. The van der Waals surface area contributed by atoms with E-state index < -0.39 is 10.0 Å². The van der Waals surface area contributed by atoms with Crippen molar-refractivity contribution < 1.29 is 9.15 Å². The molecule has 0 aliphatic carbocycles. The Labute approximate surface area is 145 Å². The highest BCUT2D eigenvalue weighted by Gasteiger charge is 2.15. The van der Waals surface area contributed by atoms with Crippen molar-refractivity contribution in [2.24, 2.45) is 0 Å². The van der Waals surface area contributed by atoms with Crippen molar-refractivity contribution >= 4 is 36.9 Å². The zero-order valence-corrected chi connectivity index (χ0v) is 15.9. The second-order valence-corrected chi connectivity index (χ2v) is 11.7. The Bertz CT molecular complexity index is 794. The van der Waals surface area contributed by atoms with Gasteiger partial charge in [-0.15, -0.1) is 0 Å². The van der Waals surface area contributed by atoms with Gasteiger partial charge in [0.05, 0.1) is 18.3 Å². The number of ether oxygens (including phenoxy) is 1. The molecule has 2 aromatic heterocycles. The zero-order valence-electron chi connectivity index (χ0n) is 13.5. The summed E-state index contributed by atoms with van der Waals surface area (Å²) in [5.74, 6) is 1.75. The summed E-state index contributed by atoms with van der Waals surface area (Å²) in [6, 6.07) is 6.07. The minimum atomic E-state index is -0.541. The van der Waals surface area contributed by atoms with Gasteiger partial charge in [-0.1, -0.05) is 15.9 Å². The molecule has 0 radical (unpaired) electrons. The molecule has 0 aliphatic heterocycles. The van der Waals surface area contributed by atoms with Gasteiger partial charge >= 0.3 is 0 Å². The van der Waals surface area contributed by atoms with Gasteiger partial charge in [-0.25, -0.2) is 19.7 Å². The summed E-state index contributed by atoms with van der Waals surface area (Å²) in [4.78, 5) is 3.98. The summed E-state index contributed by atoms with van der Waals surface area (Å²) in [5, 5.41) is 5.67. The molecule has 124 valence electrons. The van der Waals surface area contributed by atoms with Crippen LogP contribution in [0.3, 0.4) is 0 Å². The van der Waals surface area contributed by atoms with E-state index in [1.54, 1.807) is 6.20 Å². The Kier molecular flexibility index (Phi) is 4.79. The summed E-state index contributed by atoms with van der Waals surface area (Å²) in [5.41, 5.74) is 1.80. The van der Waals surface area contributed by atoms with E-state index in [0.717, 1.165) is 33.4 Å². The van der Waals surface area contributed by atoms with Crippen LogP contribution < -0.4 is 0 Å². The van der Waals surface area contributed by atoms with Gasteiger partial charge in [-0.05, 0) is 37.0 Å². The normalized spacial score (nSPS) is 12.9. The molecule has 23 heavy (non-hydrogen) atoms. The average molecular weight is 398 g/mol. The number of hydrogen-bond acceptors (Lipinski definition) is 4. The number of oxazole rings is 1. The molecule has 0 bridgehead atoms. The lowest BCUT2D eigenvalue weighted by Gasteiger charge is -2.24. The lowest BCUT2D eigenvalue weighted by molar-refractivity contribution is 0.0842. The first kappa shape index (κ1) is 16.5. The molecule has 0 amide bonds. The van der Waals surface area contributed by atoms with Crippen LogP contribution in [0.4, 0.5) is 0 Å². The highest BCUT2D eigenvalue weighted by Crippen LogP contribution is 2.34. The SMILES string of the molecule is CS(C)(C)CCOCn1nc(-c2cnco2)c2cc(Br)ccc21. The lowest BCUT2D eigenvalue weighted by Crippen LogP contribution is -2.10. The van der Waals surface area contributed by atoms with Gasteiger partial charge in [-0.2, -0.15) is 5.10 Å². The van der Waals surface area contributed by atoms with Gasteiger partial charge in [0.1, 0.15) is 12.4 Å². The smallest absolute Gasteiger partial charge is 0.181 e.